The van der Waals surface area contributed by atoms with Crippen LogP contribution in [0.2, 0.25) is 5.02 Å². The fourth-order valence-electron chi connectivity index (χ4n) is 2.59. The van der Waals surface area contributed by atoms with Crippen LogP contribution >= 0.6 is 11.6 Å². The Morgan fingerprint density at radius 2 is 2.00 bits per heavy atom. The first-order valence-electron chi connectivity index (χ1n) is 7.65. The standard InChI is InChI=1S/C16H15ClFN5O3/c1-21-14-13(15(25)22(2)16(21)26)23(8-19-14)6-5-12(24)20-11-4-3-9(17)7-10(11)18/h3-4,7-8H,5-6H2,1-2H3,(H,20,24). The Balaban J connectivity index is 1.81. The van der Waals surface area contributed by atoms with Gasteiger partial charge in [0.25, 0.3) is 5.56 Å². The average molecular weight is 380 g/mol. The smallest absolute Gasteiger partial charge is 0.324 e. The lowest BCUT2D eigenvalue weighted by Gasteiger charge is -2.08. The molecule has 2 heterocycles. The Morgan fingerprint density at radius 1 is 1.27 bits per heavy atom. The zero-order valence-corrected chi connectivity index (χ0v) is 14.7. The lowest BCUT2D eigenvalue weighted by Crippen LogP contribution is -2.37. The fraction of sp³-hybridized carbons (Fsp3) is 0.250. The van der Waals surface area contributed by atoms with Crippen molar-refractivity contribution in [1.82, 2.24) is 18.7 Å². The molecule has 1 amide bonds. The van der Waals surface area contributed by atoms with Gasteiger partial charge < -0.3 is 9.88 Å². The molecular weight excluding hydrogens is 365 g/mol. The molecule has 0 aliphatic heterocycles. The van der Waals surface area contributed by atoms with E-state index >= 15 is 0 Å². The largest absolute Gasteiger partial charge is 0.332 e. The third kappa shape index (κ3) is 3.13. The summed E-state index contributed by atoms with van der Waals surface area (Å²) in [7, 11) is 2.88. The van der Waals surface area contributed by atoms with Gasteiger partial charge in [-0.3, -0.25) is 18.7 Å². The van der Waals surface area contributed by atoms with E-state index < -0.39 is 23.0 Å². The summed E-state index contributed by atoms with van der Waals surface area (Å²) in [6.45, 7) is 0.144. The van der Waals surface area contributed by atoms with Gasteiger partial charge >= 0.3 is 5.69 Å². The topological polar surface area (TPSA) is 90.9 Å². The summed E-state index contributed by atoms with van der Waals surface area (Å²) in [5.41, 5.74) is -0.496. The molecule has 3 rings (SSSR count). The molecule has 1 aromatic carbocycles. The number of halogens is 2. The second-order valence-corrected chi connectivity index (χ2v) is 6.17. The first-order valence-corrected chi connectivity index (χ1v) is 8.03. The minimum Gasteiger partial charge on any atom is -0.324 e. The van der Waals surface area contributed by atoms with Gasteiger partial charge in [0.1, 0.15) is 5.82 Å². The van der Waals surface area contributed by atoms with Crippen molar-refractivity contribution in [2.24, 2.45) is 14.1 Å². The zero-order valence-electron chi connectivity index (χ0n) is 14.0. The molecule has 0 atom stereocenters. The predicted molar refractivity (Wildman–Crippen MR) is 94.9 cm³/mol. The molecule has 8 nitrogen and oxygen atoms in total. The first kappa shape index (κ1) is 17.9. The Labute approximate surface area is 151 Å². The number of nitrogens with zero attached hydrogens (tertiary/aromatic N) is 4. The minimum atomic E-state index is -0.636. The van der Waals surface area contributed by atoms with Crippen molar-refractivity contribution < 1.29 is 9.18 Å². The summed E-state index contributed by atoms with van der Waals surface area (Å²) in [6.07, 6.45) is 1.38. The summed E-state index contributed by atoms with van der Waals surface area (Å²) < 4.78 is 17.5. The van der Waals surface area contributed by atoms with Crippen molar-refractivity contribution in [3.8, 4) is 0 Å². The summed E-state index contributed by atoms with van der Waals surface area (Å²) in [6, 6.07) is 3.94. The van der Waals surface area contributed by atoms with Crippen LogP contribution in [0.1, 0.15) is 6.42 Å². The van der Waals surface area contributed by atoms with Gasteiger partial charge in [-0.2, -0.15) is 0 Å². The van der Waals surface area contributed by atoms with Gasteiger partial charge in [0.15, 0.2) is 11.2 Å². The van der Waals surface area contributed by atoms with E-state index in [1.54, 1.807) is 0 Å². The first-order chi connectivity index (χ1) is 12.3. The maximum Gasteiger partial charge on any atom is 0.332 e. The molecule has 0 aliphatic carbocycles. The van der Waals surface area contributed by atoms with E-state index in [0.29, 0.717) is 0 Å². The van der Waals surface area contributed by atoms with Crippen LogP contribution in [-0.4, -0.2) is 24.6 Å². The normalized spacial score (nSPS) is 11.1. The number of aromatic nitrogens is 4. The van der Waals surface area contributed by atoms with Gasteiger partial charge in [-0.25, -0.2) is 14.2 Å². The van der Waals surface area contributed by atoms with Crippen molar-refractivity contribution in [3.63, 3.8) is 0 Å². The van der Waals surface area contributed by atoms with Crippen LogP contribution in [0.5, 0.6) is 0 Å². The Kier molecular flexibility index (Phi) is 4.64. The van der Waals surface area contributed by atoms with Crippen LogP contribution in [0.4, 0.5) is 10.1 Å². The zero-order chi connectivity index (χ0) is 19.0. The molecule has 0 fully saturated rings. The molecule has 0 bridgehead atoms. The minimum absolute atomic E-state index is 0.0144. The highest BCUT2D eigenvalue weighted by molar-refractivity contribution is 6.30. The van der Waals surface area contributed by atoms with E-state index in [1.807, 2.05) is 0 Å². The third-order valence-electron chi connectivity index (χ3n) is 4.00. The van der Waals surface area contributed by atoms with E-state index in [9.17, 15) is 18.8 Å². The van der Waals surface area contributed by atoms with Crippen LogP contribution in [0.25, 0.3) is 11.2 Å². The molecule has 0 aliphatic rings. The number of hydrogen-bond donors (Lipinski definition) is 1. The quantitative estimate of drug-likeness (QED) is 0.738. The van der Waals surface area contributed by atoms with E-state index in [4.69, 9.17) is 11.6 Å². The molecule has 2 aromatic heterocycles. The molecule has 0 saturated carbocycles. The van der Waals surface area contributed by atoms with Gasteiger partial charge in [0.2, 0.25) is 5.91 Å². The highest BCUT2D eigenvalue weighted by Crippen LogP contribution is 2.19. The lowest BCUT2D eigenvalue weighted by atomic mass is 10.3. The molecule has 0 unspecified atom stereocenters. The van der Waals surface area contributed by atoms with Crippen LogP contribution in [0, 0.1) is 5.82 Å². The molecule has 0 saturated heterocycles. The van der Waals surface area contributed by atoms with E-state index in [0.717, 1.165) is 10.6 Å². The fourth-order valence-corrected chi connectivity index (χ4v) is 2.75. The number of fused-ring (bicyclic) bond motifs is 1. The number of carbonyl (C=O) groups is 1. The summed E-state index contributed by atoms with van der Waals surface area (Å²) >= 11 is 5.67. The monoisotopic (exact) mass is 379 g/mol. The van der Waals surface area contributed by atoms with Gasteiger partial charge in [-0.15, -0.1) is 0 Å². The van der Waals surface area contributed by atoms with Crippen LogP contribution in [0.3, 0.4) is 0 Å². The van der Waals surface area contributed by atoms with Crippen molar-refractivity contribution in [2.45, 2.75) is 13.0 Å². The molecule has 26 heavy (non-hydrogen) atoms. The lowest BCUT2D eigenvalue weighted by molar-refractivity contribution is -0.116. The van der Waals surface area contributed by atoms with Crippen LogP contribution in [0.15, 0.2) is 34.1 Å². The number of rotatable bonds is 4. The average Bonchev–Trinajstić information content (AvgIpc) is 3.03. The summed E-state index contributed by atoms with van der Waals surface area (Å²) in [4.78, 5) is 40.4. The van der Waals surface area contributed by atoms with Crippen molar-refractivity contribution >= 4 is 34.4 Å². The number of amides is 1. The number of nitrogens with one attached hydrogen (secondary N) is 1. The van der Waals surface area contributed by atoms with Crippen molar-refractivity contribution in [3.05, 3.63) is 56.2 Å². The molecule has 3 aromatic rings. The SMILES string of the molecule is Cn1c(=O)c2c(ncn2CCC(=O)Nc2ccc(Cl)cc2F)n(C)c1=O. The molecular formula is C16H15ClFN5O3. The van der Waals surface area contributed by atoms with E-state index in [2.05, 4.69) is 10.3 Å². The molecule has 0 spiro atoms. The number of anilines is 1. The molecule has 1 N–H and O–H groups in total. The molecule has 10 heteroatoms. The van der Waals surface area contributed by atoms with Crippen molar-refractivity contribution in [2.75, 3.05) is 5.32 Å². The summed E-state index contributed by atoms with van der Waals surface area (Å²) in [5, 5.41) is 2.68. The van der Waals surface area contributed by atoms with E-state index in [1.165, 1.54) is 41.7 Å². The van der Waals surface area contributed by atoms with Gasteiger partial charge in [0.05, 0.1) is 12.0 Å². The molecule has 136 valence electrons. The maximum absolute atomic E-state index is 13.7. The maximum atomic E-state index is 13.7. The number of hydrogen-bond acceptors (Lipinski definition) is 4. The highest BCUT2D eigenvalue weighted by atomic mass is 35.5. The number of benzene rings is 1. The Bertz CT molecular complexity index is 1130. The van der Waals surface area contributed by atoms with Crippen LogP contribution in [-0.2, 0) is 25.4 Å². The van der Waals surface area contributed by atoms with Crippen LogP contribution < -0.4 is 16.6 Å². The summed E-state index contributed by atoms with van der Waals surface area (Å²) in [5.74, 6) is -1.07. The second kappa shape index (κ2) is 6.75. The second-order valence-electron chi connectivity index (χ2n) is 5.74. The Morgan fingerprint density at radius 3 is 2.69 bits per heavy atom. The number of aryl methyl sites for hydroxylation is 2. The van der Waals surface area contributed by atoms with Gasteiger partial charge in [-0.1, -0.05) is 11.6 Å². The van der Waals surface area contributed by atoms with Crippen molar-refractivity contribution in [1.29, 1.82) is 0 Å². The third-order valence-corrected chi connectivity index (χ3v) is 4.24. The predicted octanol–water partition coefficient (Wildman–Crippen LogP) is 1.25. The van der Waals surface area contributed by atoms with Gasteiger partial charge in [0, 0.05) is 32.1 Å². The molecule has 0 radical (unpaired) electrons. The number of carbonyl (C=O) groups excluding carboxylic acids is 1. The van der Waals surface area contributed by atoms with E-state index in [-0.39, 0.29) is 34.8 Å². The Hall–Kier alpha value is -2.94. The highest BCUT2D eigenvalue weighted by Gasteiger charge is 2.15. The van der Waals surface area contributed by atoms with Gasteiger partial charge in [-0.05, 0) is 18.2 Å². The number of imidazole rings is 1.